The molecule has 100 valence electrons. The number of nitrogen functional groups attached to an aromatic ring is 1. The topological polar surface area (TPSA) is 67.1 Å². The third-order valence-corrected chi connectivity index (χ3v) is 3.11. The lowest BCUT2D eigenvalue weighted by Crippen LogP contribution is -2.17. The predicted octanol–water partition coefficient (Wildman–Crippen LogP) is 2.46. The van der Waals surface area contributed by atoms with Gasteiger partial charge < -0.3 is 10.3 Å². The maximum absolute atomic E-state index is 5.45. The number of aryl methyl sites for hydroxylation is 2. The molecule has 0 fully saturated rings. The van der Waals surface area contributed by atoms with Gasteiger partial charge in [-0.25, -0.2) is 15.8 Å². The second-order valence-electron chi connectivity index (χ2n) is 4.72. The monoisotopic (exact) mass is 257 g/mol. The van der Waals surface area contributed by atoms with Crippen LogP contribution < -0.4 is 16.2 Å². The molecular weight excluding hydrogens is 238 g/mol. The Morgan fingerprint density at radius 1 is 1.05 bits per heavy atom. The molecule has 0 atom stereocenters. The van der Waals surface area contributed by atoms with Gasteiger partial charge in [0.15, 0.2) is 0 Å². The highest BCUT2D eigenvalue weighted by atomic mass is 15.3. The Morgan fingerprint density at radius 3 is 2.26 bits per heavy atom. The second kappa shape index (κ2) is 5.24. The van der Waals surface area contributed by atoms with E-state index in [9.17, 15) is 0 Å². The zero-order valence-electron chi connectivity index (χ0n) is 11.7. The van der Waals surface area contributed by atoms with Crippen molar-refractivity contribution in [2.24, 2.45) is 5.84 Å². The normalized spacial score (nSPS) is 10.4. The molecular formula is C14H19N5. The van der Waals surface area contributed by atoms with Gasteiger partial charge in [0, 0.05) is 18.3 Å². The summed E-state index contributed by atoms with van der Waals surface area (Å²) >= 11 is 0. The van der Waals surface area contributed by atoms with Crippen molar-refractivity contribution in [1.82, 2.24) is 9.97 Å². The van der Waals surface area contributed by atoms with E-state index in [0.717, 1.165) is 17.1 Å². The van der Waals surface area contributed by atoms with E-state index in [2.05, 4.69) is 47.4 Å². The minimum atomic E-state index is 0.640. The lowest BCUT2D eigenvalue weighted by molar-refractivity contribution is 1.04. The van der Waals surface area contributed by atoms with Crippen molar-refractivity contribution >= 4 is 17.3 Å². The number of nitrogens with one attached hydrogen (secondary N) is 1. The van der Waals surface area contributed by atoms with E-state index in [1.165, 1.54) is 17.5 Å². The Bertz CT molecular complexity index is 574. The molecule has 0 saturated carbocycles. The largest absolute Gasteiger partial charge is 0.329 e. The molecule has 0 bridgehead atoms. The average molecular weight is 257 g/mol. The molecule has 5 heteroatoms. The van der Waals surface area contributed by atoms with Gasteiger partial charge in [-0.15, -0.1) is 0 Å². The standard InChI is InChI=1S/C14H19N5/c1-9-5-10(2)7-12(6-9)19(4)14-11(3)13(18-15)16-8-17-14/h5-8H,15H2,1-4H3,(H,16,17,18). The second-order valence-corrected chi connectivity index (χ2v) is 4.72. The van der Waals surface area contributed by atoms with Crippen LogP contribution in [0.4, 0.5) is 17.3 Å². The van der Waals surface area contributed by atoms with Crippen LogP contribution in [0.1, 0.15) is 16.7 Å². The molecule has 0 amide bonds. The lowest BCUT2D eigenvalue weighted by atomic mass is 10.1. The van der Waals surface area contributed by atoms with Crippen LogP contribution >= 0.6 is 0 Å². The number of hydrogen-bond donors (Lipinski definition) is 2. The Labute approximate surface area is 113 Å². The summed E-state index contributed by atoms with van der Waals surface area (Å²) in [5.41, 5.74) is 7.06. The molecule has 5 nitrogen and oxygen atoms in total. The number of benzene rings is 1. The Morgan fingerprint density at radius 2 is 1.68 bits per heavy atom. The van der Waals surface area contributed by atoms with Crippen molar-refractivity contribution in [3.63, 3.8) is 0 Å². The van der Waals surface area contributed by atoms with Gasteiger partial charge in [-0.3, -0.25) is 0 Å². The molecule has 0 aliphatic carbocycles. The summed E-state index contributed by atoms with van der Waals surface area (Å²) in [6.45, 7) is 6.12. The molecule has 2 aromatic rings. The van der Waals surface area contributed by atoms with Crippen molar-refractivity contribution in [2.75, 3.05) is 17.4 Å². The summed E-state index contributed by atoms with van der Waals surface area (Å²) in [5.74, 6) is 6.93. The first kappa shape index (κ1) is 13.3. The minimum Gasteiger partial charge on any atom is -0.329 e. The van der Waals surface area contributed by atoms with Crippen LogP contribution in [0, 0.1) is 20.8 Å². The van der Waals surface area contributed by atoms with Gasteiger partial charge >= 0.3 is 0 Å². The number of aromatic nitrogens is 2. The zero-order chi connectivity index (χ0) is 14.0. The number of rotatable bonds is 3. The van der Waals surface area contributed by atoms with Crippen molar-refractivity contribution < 1.29 is 0 Å². The SMILES string of the molecule is Cc1cc(C)cc(N(C)c2ncnc(NN)c2C)c1. The molecule has 0 spiro atoms. The van der Waals surface area contributed by atoms with E-state index in [1.807, 2.05) is 18.9 Å². The first-order valence-corrected chi connectivity index (χ1v) is 6.13. The number of nitrogens with two attached hydrogens (primary N) is 1. The highest BCUT2D eigenvalue weighted by molar-refractivity contribution is 5.67. The van der Waals surface area contributed by atoms with Gasteiger partial charge in [-0.2, -0.15) is 0 Å². The van der Waals surface area contributed by atoms with Crippen molar-refractivity contribution in [3.8, 4) is 0 Å². The third kappa shape index (κ3) is 2.66. The maximum atomic E-state index is 5.45. The molecule has 0 unspecified atom stereocenters. The van der Waals surface area contributed by atoms with E-state index < -0.39 is 0 Å². The zero-order valence-corrected chi connectivity index (χ0v) is 11.7. The molecule has 2 rings (SSSR count). The molecule has 1 heterocycles. The van der Waals surface area contributed by atoms with Gasteiger partial charge in [0.2, 0.25) is 0 Å². The van der Waals surface area contributed by atoms with Crippen LogP contribution in [0.25, 0.3) is 0 Å². The van der Waals surface area contributed by atoms with Gasteiger partial charge in [0.1, 0.15) is 18.0 Å². The fourth-order valence-electron chi connectivity index (χ4n) is 2.19. The van der Waals surface area contributed by atoms with Crippen LogP contribution in [0.2, 0.25) is 0 Å². The van der Waals surface area contributed by atoms with E-state index in [4.69, 9.17) is 5.84 Å². The summed E-state index contributed by atoms with van der Waals surface area (Å²) in [6.07, 6.45) is 1.51. The van der Waals surface area contributed by atoms with Gasteiger partial charge in [-0.05, 0) is 44.0 Å². The molecule has 19 heavy (non-hydrogen) atoms. The smallest absolute Gasteiger partial charge is 0.148 e. The van der Waals surface area contributed by atoms with Gasteiger partial charge in [0.05, 0.1) is 0 Å². The Kier molecular flexibility index (Phi) is 3.66. The average Bonchev–Trinajstić information content (AvgIpc) is 2.37. The number of hydrogen-bond acceptors (Lipinski definition) is 5. The lowest BCUT2D eigenvalue weighted by Gasteiger charge is -2.22. The van der Waals surface area contributed by atoms with Crippen LogP contribution in [0.15, 0.2) is 24.5 Å². The van der Waals surface area contributed by atoms with E-state index in [0.29, 0.717) is 5.82 Å². The summed E-state index contributed by atoms with van der Waals surface area (Å²) in [6, 6.07) is 6.41. The van der Waals surface area contributed by atoms with Crippen LogP contribution in [-0.2, 0) is 0 Å². The summed E-state index contributed by atoms with van der Waals surface area (Å²) in [7, 11) is 1.99. The molecule has 1 aromatic carbocycles. The minimum absolute atomic E-state index is 0.640. The summed E-state index contributed by atoms with van der Waals surface area (Å²) < 4.78 is 0. The van der Waals surface area contributed by atoms with E-state index in [1.54, 1.807) is 0 Å². The first-order chi connectivity index (χ1) is 9.02. The van der Waals surface area contributed by atoms with Crippen molar-refractivity contribution in [2.45, 2.75) is 20.8 Å². The van der Waals surface area contributed by atoms with E-state index in [-0.39, 0.29) is 0 Å². The van der Waals surface area contributed by atoms with Gasteiger partial charge in [0.25, 0.3) is 0 Å². The maximum Gasteiger partial charge on any atom is 0.148 e. The van der Waals surface area contributed by atoms with Crippen molar-refractivity contribution in [3.05, 3.63) is 41.2 Å². The summed E-state index contributed by atoms with van der Waals surface area (Å²) in [5, 5.41) is 0. The molecule has 0 aliphatic rings. The number of nitrogens with zero attached hydrogens (tertiary/aromatic N) is 3. The Balaban J connectivity index is 2.46. The molecule has 0 aliphatic heterocycles. The predicted molar refractivity (Wildman–Crippen MR) is 78.6 cm³/mol. The van der Waals surface area contributed by atoms with Crippen LogP contribution in [0.5, 0.6) is 0 Å². The summed E-state index contributed by atoms with van der Waals surface area (Å²) in [4.78, 5) is 10.5. The fourth-order valence-corrected chi connectivity index (χ4v) is 2.19. The van der Waals surface area contributed by atoms with Crippen molar-refractivity contribution in [1.29, 1.82) is 0 Å². The van der Waals surface area contributed by atoms with Crippen LogP contribution in [0.3, 0.4) is 0 Å². The highest BCUT2D eigenvalue weighted by Gasteiger charge is 2.12. The molecule has 0 radical (unpaired) electrons. The number of hydrazine groups is 1. The number of anilines is 3. The highest BCUT2D eigenvalue weighted by Crippen LogP contribution is 2.28. The van der Waals surface area contributed by atoms with Crippen LogP contribution in [-0.4, -0.2) is 17.0 Å². The fraction of sp³-hybridized carbons (Fsp3) is 0.286. The first-order valence-electron chi connectivity index (χ1n) is 6.13. The molecule has 1 aromatic heterocycles. The Hall–Kier alpha value is -2.14. The van der Waals surface area contributed by atoms with Gasteiger partial charge in [-0.1, -0.05) is 6.07 Å². The third-order valence-electron chi connectivity index (χ3n) is 3.11. The quantitative estimate of drug-likeness (QED) is 0.653. The molecule has 3 N–H and O–H groups in total. The molecule has 0 saturated heterocycles. The van der Waals surface area contributed by atoms with E-state index >= 15 is 0 Å².